The SMILES string of the molecule is CC1(CNCC2CCC=CO2)CCN(C(=O)OC(C)(C)C)CC1. The Bertz CT molecular complexity index is 420. The van der Waals surface area contributed by atoms with Gasteiger partial charge < -0.3 is 19.7 Å². The molecule has 1 fully saturated rings. The van der Waals surface area contributed by atoms with Crippen molar-refractivity contribution in [2.75, 3.05) is 26.2 Å². The number of nitrogens with zero attached hydrogens (tertiary/aromatic N) is 1. The molecule has 1 amide bonds. The maximum absolute atomic E-state index is 12.1. The quantitative estimate of drug-likeness (QED) is 0.862. The molecule has 2 aliphatic heterocycles. The van der Waals surface area contributed by atoms with Crippen molar-refractivity contribution in [3.8, 4) is 0 Å². The van der Waals surface area contributed by atoms with Crippen molar-refractivity contribution in [1.29, 1.82) is 0 Å². The zero-order valence-electron chi connectivity index (χ0n) is 15.1. The van der Waals surface area contributed by atoms with Crippen LogP contribution in [0.4, 0.5) is 4.79 Å². The van der Waals surface area contributed by atoms with E-state index in [0.717, 1.165) is 51.9 Å². The summed E-state index contributed by atoms with van der Waals surface area (Å²) in [6, 6.07) is 0. The molecule has 1 atom stereocenters. The molecule has 5 heteroatoms. The maximum atomic E-state index is 12.1. The zero-order chi connectivity index (χ0) is 16.9. The lowest BCUT2D eigenvalue weighted by molar-refractivity contribution is 0.0116. The van der Waals surface area contributed by atoms with E-state index in [-0.39, 0.29) is 11.5 Å². The second-order valence-electron chi connectivity index (χ2n) is 8.12. The number of carbonyl (C=O) groups is 1. The maximum Gasteiger partial charge on any atom is 0.410 e. The molecule has 1 unspecified atom stereocenters. The van der Waals surface area contributed by atoms with Crippen LogP contribution in [-0.4, -0.2) is 48.9 Å². The molecule has 0 aromatic carbocycles. The Morgan fingerprint density at radius 1 is 1.39 bits per heavy atom. The molecule has 0 aliphatic carbocycles. The van der Waals surface area contributed by atoms with Crippen LogP contribution in [0.25, 0.3) is 0 Å². The van der Waals surface area contributed by atoms with Crippen molar-refractivity contribution < 1.29 is 14.3 Å². The number of piperidine rings is 1. The Balaban J connectivity index is 1.69. The van der Waals surface area contributed by atoms with E-state index in [1.165, 1.54) is 0 Å². The smallest absolute Gasteiger partial charge is 0.410 e. The Kier molecular flexibility index (Phi) is 5.95. The minimum Gasteiger partial charge on any atom is -0.497 e. The summed E-state index contributed by atoms with van der Waals surface area (Å²) in [5.74, 6) is 0. The first kappa shape index (κ1) is 18.1. The Hall–Kier alpha value is -1.23. The second-order valence-corrected chi connectivity index (χ2v) is 8.12. The molecule has 0 aromatic heterocycles. The van der Waals surface area contributed by atoms with Crippen molar-refractivity contribution in [3.05, 3.63) is 12.3 Å². The molecular weight excluding hydrogens is 292 g/mol. The number of likely N-dealkylation sites (tertiary alicyclic amines) is 1. The number of nitrogens with one attached hydrogen (secondary N) is 1. The Morgan fingerprint density at radius 2 is 2.09 bits per heavy atom. The first-order valence-electron chi connectivity index (χ1n) is 8.77. The van der Waals surface area contributed by atoms with Crippen LogP contribution in [0.1, 0.15) is 53.4 Å². The first-order valence-corrected chi connectivity index (χ1v) is 8.77. The summed E-state index contributed by atoms with van der Waals surface area (Å²) < 4.78 is 11.0. The lowest BCUT2D eigenvalue weighted by atomic mass is 9.80. The number of ether oxygens (including phenoxy) is 2. The predicted molar refractivity (Wildman–Crippen MR) is 91.3 cm³/mol. The molecule has 132 valence electrons. The Morgan fingerprint density at radius 3 is 2.65 bits per heavy atom. The van der Waals surface area contributed by atoms with Gasteiger partial charge in [-0.15, -0.1) is 0 Å². The topological polar surface area (TPSA) is 50.8 Å². The normalized spacial score (nSPS) is 24.2. The van der Waals surface area contributed by atoms with E-state index >= 15 is 0 Å². The molecule has 2 rings (SSSR count). The largest absolute Gasteiger partial charge is 0.497 e. The molecule has 0 bridgehead atoms. The molecule has 23 heavy (non-hydrogen) atoms. The number of carbonyl (C=O) groups excluding carboxylic acids is 1. The van der Waals surface area contributed by atoms with E-state index in [2.05, 4.69) is 18.3 Å². The summed E-state index contributed by atoms with van der Waals surface area (Å²) in [5.41, 5.74) is -0.184. The number of hydrogen-bond acceptors (Lipinski definition) is 4. The molecular formula is C18H32N2O3. The highest BCUT2D eigenvalue weighted by atomic mass is 16.6. The molecule has 0 spiro atoms. The van der Waals surface area contributed by atoms with E-state index in [4.69, 9.17) is 9.47 Å². The van der Waals surface area contributed by atoms with Gasteiger partial charge in [-0.1, -0.05) is 6.92 Å². The van der Waals surface area contributed by atoms with Crippen LogP contribution in [0.5, 0.6) is 0 Å². The summed E-state index contributed by atoms with van der Waals surface area (Å²) in [7, 11) is 0. The van der Waals surface area contributed by atoms with E-state index in [1.54, 1.807) is 0 Å². The average molecular weight is 324 g/mol. The number of allylic oxidation sites excluding steroid dienone is 1. The lowest BCUT2D eigenvalue weighted by Crippen LogP contribution is -2.47. The van der Waals surface area contributed by atoms with Gasteiger partial charge in [0.15, 0.2) is 0 Å². The van der Waals surface area contributed by atoms with Crippen molar-refractivity contribution in [2.45, 2.75) is 65.1 Å². The number of amides is 1. The van der Waals surface area contributed by atoms with E-state index in [1.807, 2.05) is 31.9 Å². The van der Waals surface area contributed by atoms with Gasteiger partial charge in [-0.05, 0) is 57.9 Å². The van der Waals surface area contributed by atoms with Crippen molar-refractivity contribution in [2.24, 2.45) is 5.41 Å². The van der Waals surface area contributed by atoms with Gasteiger partial charge in [0, 0.05) is 26.2 Å². The summed E-state index contributed by atoms with van der Waals surface area (Å²) in [6.45, 7) is 11.4. The Labute approximate surface area is 140 Å². The van der Waals surface area contributed by atoms with Crippen molar-refractivity contribution in [1.82, 2.24) is 10.2 Å². The number of hydrogen-bond donors (Lipinski definition) is 1. The van der Waals surface area contributed by atoms with Crippen molar-refractivity contribution in [3.63, 3.8) is 0 Å². The molecule has 2 aliphatic rings. The fraction of sp³-hybridized carbons (Fsp3) is 0.833. The fourth-order valence-corrected chi connectivity index (χ4v) is 3.00. The van der Waals surface area contributed by atoms with Crippen LogP contribution < -0.4 is 5.32 Å². The van der Waals surface area contributed by atoms with E-state index in [9.17, 15) is 4.79 Å². The van der Waals surface area contributed by atoms with Gasteiger partial charge in [-0.3, -0.25) is 0 Å². The van der Waals surface area contributed by atoms with E-state index in [0.29, 0.717) is 6.10 Å². The fourth-order valence-electron chi connectivity index (χ4n) is 3.00. The van der Waals surface area contributed by atoms with E-state index < -0.39 is 5.60 Å². The molecule has 1 saturated heterocycles. The molecule has 5 nitrogen and oxygen atoms in total. The lowest BCUT2D eigenvalue weighted by Gasteiger charge is -2.40. The van der Waals surface area contributed by atoms with Crippen LogP contribution in [0.2, 0.25) is 0 Å². The summed E-state index contributed by atoms with van der Waals surface area (Å²) in [5, 5.41) is 3.55. The van der Waals surface area contributed by atoms with Gasteiger partial charge in [0.2, 0.25) is 0 Å². The molecule has 0 aromatic rings. The van der Waals surface area contributed by atoms with Crippen LogP contribution in [0.3, 0.4) is 0 Å². The molecule has 1 N–H and O–H groups in total. The highest BCUT2D eigenvalue weighted by Crippen LogP contribution is 2.30. The third kappa shape index (κ3) is 6.05. The standard InChI is InChI=1S/C18H32N2O3/c1-17(2,3)23-16(21)20-10-8-18(4,9-11-20)14-19-13-15-7-5-6-12-22-15/h6,12,15,19H,5,7-11,13-14H2,1-4H3. The monoisotopic (exact) mass is 324 g/mol. The summed E-state index contributed by atoms with van der Waals surface area (Å²) in [4.78, 5) is 13.9. The van der Waals surface area contributed by atoms with Crippen LogP contribution in [0.15, 0.2) is 12.3 Å². The highest BCUT2D eigenvalue weighted by Gasteiger charge is 2.33. The third-order valence-corrected chi connectivity index (χ3v) is 4.57. The van der Waals surface area contributed by atoms with Gasteiger partial charge in [-0.25, -0.2) is 4.79 Å². The average Bonchev–Trinajstić information content (AvgIpc) is 2.47. The van der Waals surface area contributed by atoms with Gasteiger partial charge in [0.05, 0.1) is 6.26 Å². The van der Waals surface area contributed by atoms with Crippen molar-refractivity contribution >= 4 is 6.09 Å². The summed E-state index contributed by atoms with van der Waals surface area (Å²) in [6.07, 6.45) is 8.21. The van der Waals surface area contributed by atoms with Gasteiger partial charge in [0.25, 0.3) is 0 Å². The molecule has 0 saturated carbocycles. The highest BCUT2D eigenvalue weighted by molar-refractivity contribution is 5.68. The minimum atomic E-state index is -0.423. The molecule has 0 radical (unpaired) electrons. The molecule has 2 heterocycles. The van der Waals surface area contributed by atoms with Gasteiger partial charge >= 0.3 is 6.09 Å². The van der Waals surface area contributed by atoms with Gasteiger partial charge in [0.1, 0.15) is 11.7 Å². The summed E-state index contributed by atoms with van der Waals surface area (Å²) >= 11 is 0. The third-order valence-electron chi connectivity index (χ3n) is 4.57. The predicted octanol–water partition coefficient (Wildman–Crippen LogP) is 3.31. The van der Waals surface area contributed by atoms with Crippen LogP contribution in [0, 0.1) is 5.41 Å². The number of rotatable bonds is 4. The zero-order valence-corrected chi connectivity index (χ0v) is 15.1. The van der Waals surface area contributed by atoms with Crippen LogP contribution in [-0.2, 0) is 9.47 Å². The minimum absolute atomic E-state index is 0.185. The van der Waals surface area contributed by atoms with Crippen LogP contribution >= 0.6 is 0 Å². The second kappa shape index (κ2) is 7.56. The first-order chi connectivity index (χ1) is 10.8. The van der Waals surface area contributed by atoms with Gasteiger partial charge in [-0.2, -0.15) is 0 Å².